The van der Waals surface area contributed by atoms with Gasteiger partial charge in [-0.2, -0.15) is 13.2 Å². The molecule has 0 aromatic heterocycles. The SMILES string of the molecule is O=C(/C=C1/C=CN2C=C(Cl)C=CC2=N1)C(F)(F)F. The molecule has 94 valence electrons. The molecule has 0 aliphatic carbocycles. The van der Waals surface area contributed by atoms with Gasteiger partial charge in [0.1, 0.15) is 5.84 Å². The maximum Gasteiger partial charge on any atom is 0.454 e. The fraction of sp³-hybridized carbons (Fsp3) is 0.0909. The van der Waals surface area contributed by atoms with Gasteiger partial charge in [-0.25, -0.2) is 4.99 Å². The Labute approximate surface area is 105 Å². The van der Waals surface area contributed by atoms with Crippen LogP contribution in [0.3, 0.4) is 0 Å². The van der Waals surface area contributed by atoms with Gasteiger partial charge in [0.2, 0.25) is 0 Å². The number of amidine groups is 1. The van der Waals surface area contributed by atoms with Gasteiger partial charge in [-0.3, -0.25) is 4.79 Å². The zero-order chi connectivity index (χ0) is 13.3. The second-order valence-electron chi connectivity index (χ2n) is 3.47. The van der Waals surface area contributed by atoms with E-state index in [4.69, 9.17) is 11.6 Å². The highest BCUT2D eigenvalue weighted by Crippen LogP contribution is 2.21. The van der Waals surface area contributed by atoms with Crippen LogP contribution in [0.4, 0.5) is 13.2 Å². The number of nitrogens with zero attached hydrogens (tertiary/aromatic N) is 2. The summed E-state index contributed by atoms with van der Waals surface area (Å²) in [6, 6.07) is 0. The topological polar surface area (TPSA) is 32.7 Å². The number of alkyl halides is 3. The van der Waals surface area contributed by atoms with Crippen LogP contribution in [0.1, 0.15) is 0 Å². The summed E-state index contributed by atoms with van der Waals surface area (Å²) in [6.07, 6.45) is 2.99. The predicted octanol–water partition coefficient (Wildman–Crippen LogP) is 2.88. The van der Waals surface area contributed by atoms with E-state index in [0.29, 0.717) is 16.9 Å². The van der Waals surface area contributed by atoms with Crippen LogP contribution >= 0.6 is 11.6 Å². The van der Waals surface area contributed by atoms with Crippen LogP contribution in [0, 0.1) is 0 Å². The van der Waals surface area contributed by atoms with E-state index < -0.39 is 12.0 Å². The number of allylic oxidation sites excluding steroid dienone is 4. The molecule has 0 aromatic carbocycles. The van der Waals surface area contributed by atoms with Crippen LogP contribution in [0.5, 0.6) is 0 Å². The molecule has 0 radical (unpaired) electrons. The number of carbonyl (C=O) groups is 1. The van der Waals surface area contributed by atoms with Crippen molar-refractivity contribution in [1.82, 2.24) is 4.90 Å². The van der Waals surface area contributed by atoms with Gasteiger partial charge in [-0.15, -0.1) is 0 Å². The smallest absolute Gasteiger partial charge is 0.307 e. The minimum Gasteiger partial charge on any atom is -0.307 e. The molecule has 18 heavy (non-hydrogen) atoms. The lowest BCUT2D eigenvalue weighted by Crippen LogP contribution is -2.24. The van der Waals surface area contributed by atoms with Gasteiger partial charge in [0.25, 0.3) is 5.78 Å². The first-order valence-electron chi connectivity index (χ1n) is 4.80. The Bertz CT molecular complexity index is 541. The van der Waals surface area contributed by atoms with Gasteiger partial charge in [-0.05, 0) is 18.2 Å². The number of halogens is 4. The third-order valence-electron chi connectivity index (χ3n) is 2.13. The number of rotatable bonds is 1. The Morgan fingerprint density at radius 3 is 2.72 bits per heavy atom. The molecular weight excluding hydrogens is 269 g/mol. The number of ketones is 1. The maximum atomic E-state index is 12.1. The monoisotopic (exact) mass is 274 g/mol. The molecule has 2 heterocycles. The van der Waals surface area contributed by atoms with Crippen molar-refractivity contribution in [2.45, 2.75) is 6.18 Å². The Balaban J connectivity index is 2.24. The Morgan fingerprint density at radius 1 is 1.33 bits per heavy atom. The molecule has 0 spiro atoms. The summed E-state index contributed by atoms with van der Waals surface area (Å²) in [5.74, 6) is -1.54. The number of fused-ring (bicyclic) bond motifs is 1. The molecule has 0 fully saturated rings. The summed E-state index contributed by atoms with van der Waals surface area (Å²) in [5.41, 5.74) is -0.0559. The molecule has 0 saturated heterocycles. The summed E-state index contributed by atoms with van der Waals surface area (Å²) in [4.78, 5) is 16.2. The van der Waals surface area contributed by atoms with Crippen LogP contribution in [0.15, 0.2) is 52.4 Å². The summed E-state index contributed by atoms with van der Waals surface area (Å²) in [7, 11) is 0. The van der Waals surface area contributed by atoms with Gasteiger partial charge >= 0.3 is 6.18 Å². The van der Waals surface area contributed by atoms with Crippen molar-refractivity contribution in [2.75, 3.05) is 0 Å². The van der Waals surface area contributed by atoms with E-state index in [-0.39, 0.29) is 5.70 Å². The molecular formula is C11H6ClF3N2O. The molecule has 0 amide bonds. The van der Waals surface area contributed by atoms with Crippen LogP contribution in [-0.4, -0.2) is 22.7 Å². The summed E-state index contributed by atoms with van der Waals surface area (Å²) >= 11 is 5.74. The van der Waals surface area contributed by atoms with E-state index in [2.05, 4.69) is 4.99 Å². The maximum absolute atomic E-state index is 12.1. The van der Waals surface area contributed by atoms with Crippen LogP contribution in [0.2, 0.25) is 0 Å². The molecule has 3 nitrogen and oxygen atoms in total. The molecule has 0 aromatic rings. The highest BCUT2D eigenvalue weighted by molar-refractivity contribution is 6.32. The molecule has 0 unspecified atom stereocenters. The molecule has 7 heteroatoms. The molecule has 2 rings (SSSR count). The van der Waals surface area contributed by atoms with Gasteiger partial charge in [-0.1, -0.05) is 11.6 Å². The average molecular weight is 275 g/mol. The Hall–Kier alpha value is -1.82. The van der Waals surface area contributed by atoms with E-state index in [1.54, 1.807) is 12.3 Å². The molecule has 0 atom stereocenters. The van der Waals surface area contributed by atoms with Crippen LogP contribution < -0.4 is 0 Å². The fourth-order valence-electron chi connectivity index (χ4n) is 1.32. The van der Waals surface area contributed by atoms with Gasteiger partial charge < -0.3 is 4.90 Å². The first kappa shape index (κ1) is 12.6. The third-order valence-corrected chi connectivity index (χ3v) is 2.35. The number of hydrogen-bond acceptors (Lipinski definition) is 3. The first-order valence-corrected chi connectivity index (χ1v) is 5.17. The second kappa shape index (κ2) is 4.45. The quantitative estimate of drug-likeness (QED) is 0.689. The normalized spacial score (nSPS) is 20.7. The van der Waals surface area contributed by atoms with Crippen molar-refractivity contribution in [3.8, 4) is 0 Å². The fourth-order valence-corrected chi connectivity index (χ4v) is 1.49. The lowest BCUT2D eigenvalue weighted by molar-refractivity contribution is -0.165. The van der Waals surface area contributed by atoms with E-state index in [1.807, 2.05) is 0 Å². The minimum atomic E-state index is -4.89. The Morgan fingerprint density at radius 2 is 2.06 bits per heavy atom. The molecule has 2 aliphatic rings. The molecule has 0 N–H and O–H groups in total. The molecule has 2 aliphatic heterocycles. The highest BCUT2D eigenvalue weighted by Gasteiger charge is 2.36. The van der Waals surface area contributed by atoms with Gasteiger partial charge in [0.15, 0.2) is 0 Å². The van der Waals surface area contributed by atoms with E-state index >= 15 is 0 Å². The predicted molar refractivity (Wildman–Crippen MR) is 60.6 cm³/mol. The largest absolute Gasteiger partial charge is 0.454 e. The number of hydrogen-bond donors (Lipinski definition) is 0. The standard InChI is InChI=1S/C11H6ClF3N2O/c12-7-1-2-10-16-8(3-4-17(10)6-7)5-9(18)11(13,14)15/h1-6H/b8-5-. The summed E-state index contributed by atoms with van der Waals surface area (Å²) in [5, 5.41) is 0.470. The van der Waals surface area contributed by atoms with Crippen molar-refractivity contribution in [1.29, 1.82) is 0 Å². The minimum absolute atomic E-state index is 0.0559. The zero-order valence-corrected chi connectivity index (χ0v) is 9.53. The van der Waals surface area contributed by atoms with Crippen LogP contribution in [-0.2, 0) is 4.79 Å². The van der Waals surface area contributed by atoms with Crippen molar-refractivity contribution in [3.63, 3.8) is 0 Å². The summed E-state index contributed by atoms with van der Waals surface area (Å²) < 4.78 is 36.2. The van der Waals surface area contributed by atoms with Crippen molar-refractivity contribution >= 4 is 23.2 Å². The number of aliphatic imine (C=N–C) groups is 1. The third kappa shape index (κ3) is 2.70. The van der Waals surface area contributed by atoms with E-state index in [0.717, 1.165) is 0 Å². The van der Waals surface area contributed by atoms with Crippen LogP contribution in [0.25, 0.3) is 0 Å². The molecule has 0 saturated carbocycles. The van der Waals surface area contributed by atoms with Gasteiger partial charge in [0.05, 0.1) is 10.7 Å². The molecule has 0 bridgehead atoms. The van der Waals surface area contributed by atoms with E-state index in [1.165, 1.54) is 23.3 Å². The lowest BCUT2D eigenvalue weighted by Gasteiger charge is -2.22. The summed E-state index contributed by atoms with van der Waals surface area (Å²) in [6.45, 7) is 0. The van der Waals surface area contributed by atoms with E-state index in [9.17, 15) is 18.0 Å². The lowest BCUT2D eigenvalue weighted by atomic mass is 10.2. The second-order valence-corrected chi connectivity index (χ2v) is 3.91. The zero-order valence-electron chi connectivity index (χ0n) is 8.78. The van der Waals surface area contributed by atoms with Crippen molar-refractivity contribution in [2.24, 2.45) is 4.99 Å². The number of carbonyl (C=O) groups excluding carboxylic acids is 1. The first-order chi connectivity index (χ1) is 8.36. The average Bonchev–Trinajstić information content (AvgIpc) is 2.28. The Kier molecular flexibility index (Phi) is 3.13. The van der Waals surface area contributed by atoms with Crippen molar-refractivity contribution in [3.05, 3.63) is 47.4 Å². The van der Waals surface area contributed by atoms with Crippen molar-refractivity contribution < 1.29 is 18.0 Å². The highest BCUT2D eigenvalue weighted by atomic mass is 35.5. The van der Waals surface area contributed by atoms with Gasteiger partial charge in [0, 0.05) is 18.5 Å².